The summed E-state index contributed by atoms with van der Waals surface area (Å²) in [5, 5.41) is 5.34. The Morgan fingerprint density at radius 1 is 1.25 bits per heavy atom. The van der Waals surface area contributed by atoms with Crippen molar-refractivity contribution >= 4 is 16.9 Å². The number of hydrogen-bond acceptors (Lipinski definition) is 4. The maximum atomic E-state index is 13.8. The van der Waals surface area contributed by atoms with Gasteiger partial charge in [-0.3, -0.25) is 4.68 Å². The third kappa shape index (κ3) is 1.99. The second-order valence-corrected chi connectivity index (χ2v) is 4.88. The van der Waals surface area contributed by atoms with Crippen LogP contribution in [-0.4, -0.2) is 19.7 Å². The second kappa shape index (κ2) is 4.56. The van der Waals surface area contributed by atoms with E-state index in [4.69, 9.17) is 5.73 Å². The largest absolute Gasteiger partial charge is 0.368 e. The zero-order valence-corrected chi connectivity index (χ0v) is 11.2. The first-order valence-electron chi connectivity index (χ1n) is 6.32. The molecule has 0 aliphatic carbocycles. The van der Waals surface area contributed by atoms with Crippen LogP contribution in [0.1, 0.15) is 19.9 Å². The highest BCUT2D eigenvalue weighted by Crippen LogP contribution is 2.26. The van der Waals surface area contributed by atoms with Crippen molar-refractivity contribution < 1.29 is 4.39 Å². The molecule has 3 rings (SSSR count). The number of nitrogens with two attached hydrogens (primary N) is 1. The van der Waals surface area contributed by atoms with Gasteiger partial charge in [0.2, 0.25) is 5.95 Å². The van der Waals surface area contributed by atoms with E-state index in [1.165, 1.54) is 0 Å². The zero-order valence-electron chi connectivity index (χ0n) is 11.2. The van der Waals surface area contributed by atoms with Gasteiger partial charge in [0.1, 0.15) is 5.69 Å². The van der Waals surface area contributed by atoms with Gasteiger partial charge in [0, 0.05) is 17.0 Å². The second-order valence-electron chi connectivity index (χ2n) is 4.88. The van der Waals surface area contributed by atoms with Crippen LogP contribution in [-0.2, 0) is 0 Å². The van der Waals surface area contributed by atoms with Crippen molar-refractivity contribution in [2.24, 2.45) is 0 Å². The Labute approximate surface area is 115 Å². The van der Waals surface area contributed by atoms with Gasteiger partial charge in [0.05, 0.1) is 17.9 Å². The van der Waals surface area contributed by atoms with Gasteiger partial charge in [-0.1, -0.05) is 12.1 Å². The zero-order chi connectivity index (χ0) is 14.3. The van der Waals surface area contributed by atoms with Crippen molar-refractivity contribution in [2.45, 2.75) is 19.9 Å². The molecule has 0 atom stereocenters. The van der Waals surface area contributed by atoms with E-state index in [2.05, 4.69) is 15.1 Å². The maximum absolute atomic E-state index is 13.8. The summed E-state index contributed by atoms with van der Waals surface area (Å²) < 4.78 is 15.7. The molecule has 102 valence electrons. The number of hydrogen-bond donors (Lipinski definition) is 1. The molecule has 2 N–H and O–H groups in total. The van der Waals surface area contributed by atoms with Crippen LogP contribution in [0.4, 0.5) is 10.3 Å². The highest BCUT2D eigenvalue weighted by molar-refractivity contribution is 5.84. The minimum absolute atomic E-state index is 0.0545. The van der Waals surface area contributed by atoms with Crippen molar-refractivity contribution in [3.8, 4) is 11.3 Å². The Morgan fingerprint density at radius 3 is 2.80 bits per heavy atom. The van der Waals surface area contributed by atoms with Crippen molar-refractivity contribution in [2.75, 3.05) is 5.73 Å². The molecule has 20 heavy (non-hydrogen) atoms. The van der Waals surface area contributed by atoms with Gasteiger partial charge in [-0.2, -0.15) is 5.10 Å². The van der Waals surface area contributed by atoms with Crippen molar-refractivity contribution in [1.82, 2.24) is 19.7 Å². The summed E-state index contributed by atoms with van der Waals surface area (Å²) in [5.41, 5.74) is 7.33. The third-order valence-electron chi connectivity index (χ3n) is 3.12. The lowest BCUT2D eigenvalue weighted by molar-refractivity contribution is 0.551. The van der Waals surface area contributed by atoms with Crippen LogP contribution in [0.3, 0.4) is 0 Å². The summed E-state index contributed by atoms with van der Waals surface area (Å²) in [5.74, 6) is -0.437. The number of fused-ring (bicyclic) bond motifs is 1. The molecule has 0 radical (unpaired) electrons. The fourth-order valence-electron chi connectivity index (χ4n) is 2.18. The average Bonchev–Trinajstić information content (AvgIpc) is 2.84. The first-order chi connectivity index (χ1) is 9.56. The summed E-state index contributed by atoms with van der Waals surface area (Å²) in [6.45, 7) is 4.09. The van der Waals surface area contributed by atoms with E-state index in [9.17, 15) is 4.39 Å². The molecule has 2 heterocycles. The SMILES string of the molecule is CC(C)n1ncc2ccc(-c3nc(N)ncc3F)cc21. The lowest BCUT2D eigenvalue weighted by atomic mass is 10.1. The molecule has 0 aliphatic rings. The van der Waals surface area contributed by atoms with Crippen LogP contribution in [0.15, 0.2) is 30.6 Å². The Kier molecular flexibility index (Phi) is 2.85. The monoisotopic (exact) mass is 271 g/mol. The molecule has 2 aromatic heterocycles. The maximum Gasteiger partial charge on any atom is 0.220 e. The molecule has 0 spiro atoms. The van der Waals surface area contributed by atoms with E-state index in [1.54, 1.807) is 12.3 Å². The van der Waals surface area contributed by atoms with Gasteiger partial charge in [-0.05, 0) is 19.9 Å². The van der Waals surface area contributed by atoms with E-state index in [0.29, 0.717) is 5.56 Å². The topological polar surface area (TPSA) is 69.6 Å². The third-order valence-corrected chi connectivity index (χ3v) is 3.12. The molecule has 0 unspecified atom stereocenters. The number of nitrogens with zero attached hydrogens (tertiary/aromatic N) is 4. The summed E-state index contributed by atoms with van der Waals surface area (Å²) in [7, 11) is 0. The molecule has 0 bridgehead atoms. The predicted octanol–water partition coefficient (Wildman–Crippen LogP) is 2.80. The van der Waals surface area contributed by atoms with E-state index >= 15 is 0 Å². The van der Waals surface area contributed by atoms with E-state index in [1.807, 2.05) is 30.7 Å². The molecule has 0 amide bonds. The van der Waals surface area contributed by atoms with Crippen molar-refractivity contribution in [3.05, 3.63) is 36.4 Å². The van der Waals surface area contributed by atoms with Crippen LogP contribution in [0, 0.1) is 5.82 Å². The molecular formula is C14H14FN5. The fourth-order valence-corrected chi connectivity index (χ4v) is 2.18. The fraction of sp³-hybridized carbons (Fsp3) is 0.214. The normalized spacial score (nSPS) is 11.4. The number of anilines is 1. The highest BCUT2D eigenvalue weighted by Gasteiger charge is 2.12. The number of nitrogen functional groups attached to an aromatic ring is 1. The first kappa shape index (κ1) is 12.5. The van der Waals surface area contributed by atoms with Crippen LogP contribution >= 0.6 is 0 Å². The molecule has 0 fully saturated rings. The van der Waals surface area contributed by atoms with Crippen molar-refractivity contribution in [3.63, 3.8) is 0 Å². The Balaban J connectivity index is 2.21. The summed E-state index contributed by atoms with van der Waals surface area (Å²) in [6, 6.07) is 5.80. The Morgan fingerprint density at radius 2 is 2.05 bits per heavy atom. The minimum Gasteiger partial charge on any atom is -0.368 e. The van der Waals surface area contributed by atoms with Gasteiger partial charge in [0.15, 0.2) is 5.82 Å². The quantitative estimate of drug-likeness (QED) is 0.778. The number of halogens is 1. The van der Waals surface area contributed by atoms with Gasteiger partial charge < -0.3 is 5.73 Å². The molecule has 6 heteroatoms. The molecule has 5 nitrogen and oxygen atoms in total. The predicted molar refractivity (Wildman–Crippen MR) is 75.5 cm³/mol. The van der Waals surface area contributed by atoms with Gasteiger partial charge in [-0.25, -0.2) is 14.4 Å². The van der Waals surface area contributed by atoms with Crippen LogP contribution in [0.5, 0.6) is 0 Å². The van der Waals surface area contributed by atoms with E-state index in [-0.39, 0.29) is 17.7 Å². The van der Waals surface area contributed by atoms with Crippen LogP contribution < -0.4 is 5.73 Å². The van der Waals surface area contributed by atoms with Crippen molar-refractivity contribution in [1.29, 1.82) is 0 Å². The Hall–Kier alpha value is -2.50. The van der Waals surface area contributed by atoms with Crippen LogP contribution in [0.2, 0.25) is 0 Å². The standard InChI is InChI=1S/C14H14FN5/c1-8(2)20-12-5-9(3-4-10(12)6-18-20)13-11(15)7-17-14(16)19-13/h3-8H,1-2H3,(H2,16,17,19). The molecular weight excluding hydrogens is 257 g/mol. The average molecular weight is 271 g/mol. The Bertz CT molecular complexity index is 778. The van der Waals surface area contributed by atoms with Gasteiger partial charge >= 0.3 is 0 Å². The smallest absolute Gasteiger partial charge is 0.220 e. The molecule has 0 saturated heterocycles. The first-order valence-corrected chi connectivity index (χ1v) is 6.32. The van der Waals surface area contributed by atoms with E-state index < -0.39 is 5.82 Å². The molecule has 3 aromatic rings. The van der Waals surface area contributed by atoms with Crippen LogP contribution in [0.25, 0.3) is 22.2 Å². The molecule has 0 saturated carbocycles. The number of aromatic nitrogens is 4. The minimum atomic E-state index is -0.492. The summed E-state index contributed by atoms with van der Waals surface area (Å²) in [6.07, 6.45) is 2.88. The lowest BCUT2D eigenvalue weighted by Gasteiger charge is -2.08. The van der Waals surface area contributed by atoms with Gasteiger partial charge in [0.25, 0.3) is 0 Å². The molecule has 1 aromatic carbocycles. The van der Waals surface area contributed by atoms with E-state index in [0.717, 1.165) is 17.1 Å². The summed E-state index contributed by atoms with van der Waals surface area (Å²) >= 11 is 0. The highest BCUT2D eigenvalue weighted by atomic mass is 19.1. The lowest BCUT2D eigenvalue weighted by Crippen LogP contribution is -2.02. The number of benzene rings is 1. The van der Waals surface area contributed by atoms with Gasteiger partial charge in [-0.15, -0.1) is 0 Å². The number of rotatable bonds is 2. The molecule has 0 aliphatic heterocycles. The summed E-state index contributed by atoms with van der Waals surface area (Å²) in [4.78, 5) is 7.61.